The number of carbonyl (C=O) groups is 3. The highest BCUT2D eigenvalue weighted by Gasteiger charge is 2.30. The van der Waals surface area contributed by atoms with Gasteiger partial charge in [-0.2, -0.15) is 4.72 Å². The van der Waals surface area contributed by atoms with E-state index >= 15 is 0 Å². The highest BCUT2D eigenvalue weighted by Crippen LogP contribution is 2.16. The molecule has 9 nitrogen and oxygen atoms in total. The Morgan fingerprint density at radius 3 is 2.20 bits per heavy atom. The van der Waals surface area contributed by atoms with Crippen LogP contribution in [0.3, 0.4) is 0 Å². The first-order chi connectivity index (χ1) is 13.9. The molecule has 0 saturated heterocycles. The van der Waals surface area contributed by atoms with Crippen molar-refractivity contribution in [2.75, 3.05) is 6.54 Å². The molecular formula is C19H22N2O7S2. The van der Waals surface area contributed by atoms with Crippen LogP contribution in [0.1, 0.15) is 40.1 Å². The molecule has 2 aromatic rings. The zero-order valence-electron chi connectivity index (χ0n) is 16.5. The number of carboxylic acid groups (broad SMARTS) is 1. The van der Waals surface area contributed by atoms with E-state index in [0.717, 1.165) is 11.3 Å². The van der Waals surface area contributed by atoms with Crippen LogP contribution in [-0.4, -0.2) is 49.6 Å². The lowest BCUT2D eigenvalue weighted by Gasteiger charge is -2.24. The SMILES string of the molecule is CC(C)(C)OC(=O)[C@H](CNC(=O)c1ccc(C(=O)O)s1)NS(=O)(=O)c1ccccc1. The third-order valence-electron chi connectivity index (χ3n) is 3.55. The molecule has 30 heavy (non-hydrogen) atoms. The molecule has 0 radical (unpaired) electrons. The van der Waals surface area contributed by atoms with Gasteiger partial charge in [-0.05, 0) is 45.0 Å². The zero-order chi connectivity index (χ0) is 22.5. The van der Waals surface area contributed by atoms with Crippen molar-refractivity contribution in [1.82, 2.24) is 10.0 Å². The van der Waals surface area contributed by atoms with Gasteiger partial charge >= 0.3 is 11.9 Å². The van der Waals surface area contributed by atoms with E-state index in [9.17, 15) is 22.8 Å². The molecule has 1 atom stereocenters. The number of thiophene rings is 1. The molecule has 3 N–H and O–H groups in total. The summed E-state index contributed by atoms with van der Waals surface area (Å²) >= 11 is 0.763. The molecule has 0 aliphatic carbocycles. The minimum atomic E-state index is -4.06. The first kappa shape index (κ1) is 23.5. The minimum absolute atomic E-state index is 0.0198. The lowest BCUT2D eigenvalue weighted by molar-refractivity contribution is -0.156. The molecule has 11 heteroatoms. The number of benzene rings is 1. The summed E-state index contributed by atoms with van der Waals surface area (Å²) in [5.74, 6) is -2.67. The van der Waals surface area contributed by atoms with Crippen molar-refractivity contribution in [3.8, 4) is 0 Å². The number of rotatable bonds is 8. The summed E-state index contributed by atoms with van der Waals surface area (Å²) in [6.45, 7) is 4.50. The lowest BCUT2D eigenvalue weighted by Crippen LogP contribution is -2.50. The predicted molar refractivity (Wildman–Crippen MR) is 110 cm³/mol. The molecule has 0 fully saturated rings. The van der Waals surface area contributed by atoms with E-state index in [-0.39, 0.29) is 21.2 Å². The zero-order valence-corrected chi connectivity index (χ0v) is 18.2. The van der Waals surface area contributed by atoms with Gasteiger partial charge in [-0.1, -0.05) is 18.2 Å². The van der Waals surface area contributed by atoms with Gasteiger partial charge in [0.05, 0.1) is 9.77 Å². The van der Waals surface area contributed by atoms with Crippen LogP contribution in [0, 0.1) is 0 Å². The average Bonchev–Trinajstić information content (AvgIpc) is 3.14. The minimum Gasteiger partial charge on any atom is -0.477 e. The lowest BCUT2D eigenvalue weighted by atomic mass is 10.2. The molecule has 0 aliphatic heterocycles. The van der Waals surface area contributed by atoms with Crippen LogP contribution in [0.5, 0.6) is 0 Å². The van der Waals surface area contributed by atoms with Crippen molar-refractivity contribution in [3.63, 3.8) is 0 Å². The van der Waals surface area contributed by atoms with Crippen molar-refractivity contribution in [3.05, 3.63) is 52.2 Å². The van der Waals surface area contributed by atoms with Crippen LogP contribution in [0.2, 0.25) is 0 Å². The van der Waals surface area contributed by atoms with E-state index in [0.29, 0.717) is 0 Å². The van der Waals surface area contributed by atoms with Gasteiger partial charge in [-0.15, -0.1) is 11.3 Å². The maximum atomic E-state index is 12.6. The number of carboxylic acids is 1. The Labute approximate surface area is 178 Å². The van der Waals surface area contributed by atoms with Crippen LogP contribution in [-0.2, 0) is 19.6 Å². The van der Waals surface area contributed by atoms with Gasteiger partial charge in [0.1, 0.15) is 16.5 Å². The number of ether oxygens (including phenoxy) is 1. The number of carbonyl (C=O) groups excluding carboxylic acids is 2. The third kappa shape index (κ3) is 6.65. The molecular weight excluding hydrogens is 432 g/mol. The third-order valence-corrected chi connectivity index (χ3v) is 6.11. The highest BCUT2D eigenvalue weighted by atomic mass is 32.2. The molecule has 1 heterocycles. The largest absolute Gasteiger partial charge is 0.477 e. The maximum Gasteiger partial charge on any atom is 0.345 e. The Morgan fingerprint density at radius 2 is 1.67 bits per heavy atom. The van der Waals surface area contributed by atoms with Crippen LogP contribution in [0.4, 0.5) is 0 Å². The summed E-state index contributed by atoms with van der Waals surface area (Å²) in [5, 5.41) is 11.4. The second kappa shape index (κ2) is 9.37. The Kier molecular flexibility index (Phi) is 7.34. The Hall–Kier alpha value is -2.76. The second-order valence-electron chi connectivity index (χ2n) is 7.20. The number of aromatic carboxylic acids is 1. The molecule has 0 aliphatic rings. The molecule has 1 aromatic carbocycles. The average molecular weight is 455 g/mol. The van der Waals surface area contributed by atoms with Crippen LogP contribution < -0.4 is 10.0 Å². The molecule has 1 amide bonds. The molecule has 162 valence electrons. The fourth-order valence-corrected chi connectivity index (χ4v) is 4.22. The summed E-state index contributed by atoms with van der Waals surface area (Å²) in [5.41, 5.74) is -0.873. The molecule has 1 aromatic heterocycles. The van der Waals surface area contributed by atoms with Gasteiger partial charge in [-0.25, -0.2) is 13.2 Å². The maximum absolute atomic E-state index is 12.6. The van der Waals surface area contributed by atoms with Gasteiger partial charge in [-0.3, -0.25) is 9.59 Å². The second-order valence-corrected chi connectivity index (χ2v) is 10.00. The Morgan fingerprint density at radius 1 is 1.07 bits per heavy atom. The van der Waals surface area contributed by atoms with Gasteiger partial charge in [0, 0.05) is 6.54 Å². The summed E-state index contributed by atoms with van der Waals surface area (Å²) in [4.78, 5) is 35.8. The monoisotopic (exact) mass is 454 g/mol. The number of nitrogens with one attached hydrogen (secondary N) is 2. The van der Waals surface area contributed by atoms with E-state index in [1.54, 1.807) is 26.8 Å². The normalized spacial score (nSPS) is 12.8. The van der Waals surface area contributed by atoms with Crippen molar-refractivity contribution < 1.29 is 32.6 Å². The number of hydrogen-bond donors (Lipinski definition) is 3. The van der Waals surface area contributed by atoms with Gasteiger partial charge in [0.15, 0.2) is 0 Å². The van der Waals surface area contributed by atoms with E-state index < -0.39 is 39.5 Å². The quantitative estimate of drug-likeness (QED) is 0.518. The van der Waals surface area contributed by atoms with Gasteiger partial charge < -0.3 is 15.2 Å². The topological polar surface area (TPSA) is 139 Å². The molecule has 2 rings (SSSR count). The van der Waals surface area contributed by atoms with E-state index in [1.165, 1.54) is 36.4 Å². The highest BCUT2D eigenvalue weighted by molar-refractivity contribution is 7.89. The first-order valence-corrected chi connectivity index (χ1v) is 11.1. The number of hydrogen-bond acceptors (Lipinski definition) is 7. The molecule has 0 saturated carbocycles. The van der Waals surface area contributed by atoms with Crippen molar-refractivity contribution in [2.45, 2.75) is 37.3 Å². The number of esters is 1. The number of amides is 1. The van der Waals surface area contributed by atoms with Gasteiger partial charge in [0.25, 0.3) is 5.91 Å². The summed E-state index contributed by atoms with van der Waals surface area (Å²) in [6.07, 6.45) is 0. The Bertz CT molecular complexity index is 1020. The van der Waals surface area contributed by atoms with Crippen LogP contribution in [0.25, 0.3) is 0 Å². The summed E-state index contributed by atoms with van der Waals surface area (Å²) < 4.78 is 32.7. The van der Waals surface area contributed by atoms with E-state index in [4.69, 9.17) is 9.84 Å². The fraction of sp³-hybridized carbons (Fsp3) is 0.316. The fourth-order valence-electron chi connectivity index (χ4n) is 2.26. The predicted octanol–water partition coefficient (Wildman–Crippen LogP) is 1.86. The number of sulfonamides is 1. The van der Waals surface area contributed by atoms with Crippen molar-refractivity contribution in [2.24, 2.45) is 0 Å². The molecule has 0 spiro atoms. The Balaban J connectivity index is 2.17. The van der Waals surface area contributed by atoms with E-state index in [2.05, 4.69) is 10.0 Å². The van der Waals surface area contributed by atoms with E-state index in [1.807, 2.05) is 0 Å². The van der Waals surface area contributed by atoms with Crippen LogP contribution in [0.15, 0.2) is 47.4 Å². The molecule has 0 unspecified atom stereocenters. The van der Waals surface area contributed by atoms with Crippen LogP contribution >= 0.6 is 11.3 Å². The standard InChI is InChI=1S/C19H22N2O7S2/c1-19(2,3)28-18(25)13(21-30(26,27)12-7-5-4-6-8-12)11-20-16(22)14-9-10-15(29-14)17(23)24/h4-10,13,21H,11H2,1-3H3,(H,20,22)(H,23,24)/t13-/m0/s1. The molecule has 0 bridgehead atoms. The summed E-state index contributed by atoms with van der Waals surface area (Å²) in [6, 6.07) is 8.68. The summed E-state index contributed by atoms with van der Waals surface area (Å²) in [7, 11) is -4.06. The van der Waals surface area contributed by atoms with Gasteiger partial charge in [0.2, 0.25) is 10.0 Å². The smallest absolute Gasteiger partial charge is 0.345 e. The van der Waals surface area contributed by atoms with Crippen molar-refractivity contribution >= 4 is 39.2 Å². The first-order valence-electron chi connectivity index (χ1n) is 8.80. The van der Waals surface area contributed by atoms with Crippen molar-refractivity contribution in [1.29, 1.82) is 0 Å².